The predicted octanol–water partition coefficient (Wildman–Crippen LogP) is 5.21. The molecule has 0 spiro atoms. The van der Waals surface area contributed by atoms with Gasteiger partial charge in [-0.1, -0.05) is 55.3 Å². The van der Waals surface area contributed by atoms with Gasteiger partial charge in [0.25, 0.3) is 0 Å². The van der Waals surface area contributed by atoms with Gasteiger partial charge in [0.05, 0.1) is 5.69 Å². The molecule has 8 heteroatoms. The number of carbonyl (C=O) groups is 1. The van der Waals surface area contributed by atoms with Gasteiger partial charge in [0, 0.05) is 23.9 Å². The number of terminal acetylenes is 1. The molecular weight excluding hydrogens is 468 g/mol. The average Bonchev–Trinajstić information content (AvgIpc) is 2.85. The fourth-order valence-corrected chi connectivity index (χ4v) is 5.58. The average molecular weight is 495 g/mol. The first kappa shape index (κ1) is 26.3. The zero-order valence-electron chi connectivity index (χ0n) is 19.9. The van der Waals surface area contributed by atoms with Crippen LogP contribution >= 0.6 is 8.03 Å². The van der Waals surface area contributed by atoms with Gasteiger partial charge >= 0.3 is 5.97 Å². The second-order valence-electron chi connectivity index (χ2n) is 8.27. The molecule has 3 unspecified atom stereocenters. The SMILES string of the molecule is C#CC(C(=O)O)([PH](=O)OC)C(C)(O)c1c(CC)nc(-c2ccccc2)c(C)c1-c1ccc(F)cc1. The van der Waals surface area contributed by atoms with Crippen LogP contribution in [0, 0.1) is 25.1 Å². The Morgan fingerprint density at radius 1 is 1.17 bits per heavy atom. The smallest absolute Gasteiger partial charge is 0.335 e. The number of hydrogen-bond donors (Lipinski definition) is 2. The van der Waals surface area contributed by atoms with E-state index in [1.54, 1.807) is 13.8 Å². The second-order valence-corrected chi connectivity index (χ2v) is 10.0. The molecule has 0 saturated heterocycles. The molecule has 182 valence electrons. The van der Waals surface area contributed by atoms with E-state index < -0.39 is 30.6 Å². The van der Waals surface area contributed by atoms with Crippen molar-refractivity contribution in [3.8, 4) is 34.7 Å². The molecule has 1 aromatic heterocycles. The van der Waals surface area contributed by atoms with Crippen LogP contribution < -0.4 is 0 Å². The Kier molecular flexibility index (Phi) is 7.62. The molecule has 2 N–H and O–H groups in total. The molecule has 6 nitrogen and oxygen atoms in total. The molecule has 0 aliphatic rings. The van der Waals surface area contributed by atoms with Crippen molar-refractivity contribution in [1.29, 1.82) is 0 Å². The normalized spacial score (nSPS) is 15.5. The van der Waals surface area contributed by atoms with E-state index in [2.05, 4.69) is 5.92 Å². The lowest BCUT2D eigenvalue weighted by Crippen LogP contribution is -2.53. The summed E-state index contributed by atoms with van der Waals surface area (Å²) in [5, 5.41) is 19.5. The maximum Gasteiger partial charge on any atom is 0.335 e. The van der Waals surface area contributed by atoms with Gasteiger partial charge in [0.15, 0.2) is 0 Å². The van der Waals surface area contributed by atoms with Crippen LogP contribution in [0.4, 0.5) is 4.39 Å². The Hall–Kier alpha value is -3.30. The van der Waals surface area contributed by atoms with Crippen LogP contribution in [0.5, 0.6) is 0 Å². The van der Waals surface area contributed by atoms with Gasteiger partial charge in [0.1, 0.15) is 11.4 Å². The first-order chi connectivity index (χ1) is 16.6. The zero-order chi connectivity index (χ0) is 26.0. The minimum atomic E-state index is -3.51. The summed E-state index contributed by atoms with van der Waals surface area (Å²) in [5.41, 5.74) is 1.09. The number of aryl methyl sites for hydroxylation is 1. The summed E-state index contributed by atoms with van der Waals surface area (Å²) in [5.74, 6) is -0.0375. The first-order valence-corrected chi connectivity index (χ1v) is 12.3. The lowest BCUT2D eigenvalue weighted by molar-refractivity contribution is -0.145. The summed E-state index contributed by atoms with van der Waals surface area (Å²) in [6.45, 7) is 4.80. The van der Waals surface area contributed by atoms with E-state index in [-0.39, 0.29) is 5.56 Å². The lowest BCUT2D eigenvalue weighted by Gasteiger charge is -2.40. The van der Waals surface area contributed by atoms with Gasteiger partial charge in [-0.15, -0.1) is 6.42 Å². The summed E-state index contributed by atoms with van der Waals surface area (Å²) < 4.78 is 31.7. The van der Waals surface area contributed by atoms with Crippen LogP contribution in [0.2, 0.25) is 0 Å². The highest BCUT2D eigenvalue weighted by Gasteiger charge is 2.60. The summed E-state index contributed by atoms with van der Waals surface area (Å²) in [6.07, 6.45) is 5.95. The number of hydrogen-bond acceptors (Lipinski definition) is 5. The first-order valence-electron chi connectivity index (χ1n) is 10.9. The van der Waals surface area contributed by atoms with Crippen molar-refractivity contribution in [2.24, 2.45) is 0 Å². The fourth-order valence-electron chi connectivity index (χ4n) is 4.46. The number of pyridine rings is 1. The van der Waals surface area contributed by atoms with E-state index in [4.69, 9.17) is 15.9 Å². The van der Waals surface area contributed by atoms with Crippen molar-refractivity contribution in [3.63, 3.8) is 0 Å². The van der Waals surface area contributed by atoms with E-state index in [1.165, 1.54) is 31.2 Å². The minimum Gasteiger partial charge on any atom is -0.480 e. The van der Waals surface area contributed by atoms with Crippen LogP contribution in [0.3, 0.4) is 0 Å². The van der Waals surface area contributed by atoms with E-state index in [0.717, 1.165) is 12.7 Å². The molecule has 0 radical (unpaired) electrons. The van der Waals surface area contributed by atoms with Crippen molar-refractivity contribution >= 4 is 14.0 Å². The fraction of sp³-hybridized carbons (Fsp3) is 0.259. The van der Waals surface area contributed by atoms with Gasteiger partial charge in [0.2, 0.25) is 13.2 Å². The van der Waals surface area contributed by atoms with Crippen LogP contribution in [0.1, 0.15) is 30.7 Å². The highest BCUT2D eigenvalue weighted by molar-refractivity contribution is 7.43. The maximum absolute atomic E-state index is 13.8. The molecule has 3 rings (SSSR count). The van der Waals surface area contributed by atoms with Gasteiger partial charge in [-0.2, -0.15) is 0 Å². The van der Waals surface area contributed by atoms with E-state index in [1.807, 2.05) is 30.3 Å². The van der Waals surface area contributed by atoms with Crippen LogP contribution in [-0.4, -0.2) is 33.4 Å². The molecule has 0 amide bonds. The number of aliphatic hydroxyl groups is 1. The van der Waals surface area contributed by atoms with Crippen molar-refractivity contribution in [2.75, 3.05) is 7.11 Å². The van der Waals surface area contributed by atoms with Crippen LogP contribution in [-0.2, 0) is 25.9 Å². The molecule has 35 heavy (non-hydrogen) atoms. The molecule has 3 atom stereocenters. The maximum atomic E-state index is 13.8. The quantitative estimate of drug-likeness (QED) is 0.329. The highest BCUT2D eigenvalue weighted by Crippen LogP contribution is 2.54. The number of aliphatic carboxylic acids is 1. The van der Waals surface area contributed by atoms with Crippen molar-refractivity contribution in [3.05, 3.63) is 77.2 Å². The van der Waals surface area contributed by atoms with E-state index in [9.17, 15) is 24.0 Å². The molecule has 3 aromatic rings. The summed E-state index contributed by atoms with van der Waals surface area (Å²) in [6, 6.07) is 15.0. The van der Waals surface area contributed by atoms with Crippen molar-refractivity contribution in [1.82, 2.24) is 4.98 Å². The molecular formula is C27H27FNO5P. The largest absolute Gasteiger partial charge is 0.480 e. The number of carboxylic acid groups (broad SMARTS) is 1. The molecule has 0 fully saturated rings. The Bertz CT molecular complexity index is 1320. The monoisotopic (exact) mass is 495 g/mol. The van der Waals surface area contributed by atoms with E-state index in [0.29, 0.717) is 34.5 Å². The summed E-state index contributed by atoms with van der Waals surface area (Å²) >= 11 is 0. The number of carboxylic acids is 1. The lowest BCUT2D eigenvalue weighted by atomic mass is 9.76. The topological polar surface area (TPSA) is 96.7 Å². The Morgan fingerprint density at radius 3 is 2.26 bits per heavy atom. The standard InChI is InChI=1S/C27H27FNO5P/c1-6-21-23(26(4,32)27(7-2,25(30)31)35(33)34-5)22(18-13-15-20(28)16-14-18)17(3)24(29-21)19-11-9-8-10-12-19/h2,8-16,32,35H,6H2,1,3-5H3,(H,30,31). The highest BCUT2D eigenvalue weighted by atomic mass is 31.1. The van der Waals surface area contributed by atoms with E-state index >= 15 is 0 Å². The summed E-state index contributed by atoms with van der Waals surface area (Å²) in [7, 11) is -2.43. The Labute approximate surface area is 204 Å². The molecule has 0 bridgehead atoms. The van der Waals surface area contributed by atoms with Crippen molar-refractivity contribution < 1.29 is 28.5 Å². The minimum absolute atomic E-state index is 0.111. The van der Waals surface area contributed by atoms with Crippen LogP contribution in [0.25, 0.3) is 22.4 Å². The van der Waals surface area contributed by atoms with Crippen molar-refractivity contribution in [2.45, 2.75) is 37.9 Å². The van der Waals surface area contributed by atoms with Gasteiger partial charge in [-0.25, -0.2) is 9.18 Å². The number of benzene rings is 2. The number of halogens is 1. The zero-order valence-corrected chi connectivity index (χ0v) is 20.9. The second kappa shape index (κ2) is 10.1. The number of nitrogens with zero attached hydrogens (tertiary/aromatic N) is 1. The van der Waals surface area contributed by atoms with Gasteiger partial charge < -0.3 is 14.7 Å². The molecule has 1 heterocycles. The predicted molar refractivity (Wildman–Crippen MR) is 134 cm³/mol. The molecule has 0 aliphatic carbocycles. The van der Waals surface area contributed by atoms with Crippen LogP contribution in [0.15, 0.2) is 54.6 Å². The number of rotatable bonds is 8. The third kappa shape index (κ3) is 4.30. The Balaban J connectivity index is 2.54. The molecule has 0 aliphatic heterocycles. The van der Waals surface area contributed by atoms with Gasteiger partial charge in [-0.05, 0) is 49.1 Å². The number of aromatic nitrogens is 1. The third-order valence-electron chi connectivity index (χ3n) is 6.28. The third-order valence-corrected chi connectivity index (χ3v) is 8.10. The Morgan fingerprint density at radius 2 is 1.77 bits per heavy atom. The summed E-state index contributed by atoms with van der Waals surface area (Å²) in [4.78, 5) is 17.3. The van der Waals surface area contributed by atoms with Gasteiger partial charge in [-0.3, -0.25) is 9.55 Å². The molecule has 0 saturated carbocycles. The molecule has 2 aromatic carbocycles.